The van der Waals surface area contributed by atoms with Gasteiger partial charge in [-0.05, 0) is 38.3 Å². The summed E-state index contributed by atoms with van der Waals surface area (Å²) in [4.78, 5) is 31.0. The maximum absolute atomic E-state index is 12.7. The smallest absolute Gasteiger partial charge is 0.269 e. The van der Waals surface area contributed by atoms with Gasteiger partial charge in [0, 0.05) is 24.6 Å². The maximum Gasteiger partial charge on any atom is 0.269 e. The van der Waals surface area contributed by atoms with E-state index in [1.807, 2.05) is 25.1 Å². The van der Waals surface area contributed by atoms with Crippen LogP contribution in [0.25, 0.3) is 0 Å². The molecule has 3 aliphatic rings. The van der Waals surface area contributed by atoms with Gasteiger partial charge in [-0.3, -0.25) is 9.59 Å². The van der Waals surface area contributed by atoms with Crippen molar-refractivity contribution in [3.8, 4) is 0 Å². The van der Waals surface area contributed by atoms with Crippen molar-refractivity contribution in [1.29, 1.82) is 0 Å². The van der Waals surface area contributed by atoms with Crippen molar-refractivity contribution in [2.75, 3.05) is 13.2 Å². The van der Waals surface area contributed by atoms with Gasteiger partial charge in [-0.15, -0.1) is 0 Å². The van der Waals surface area contributed by atoms with E-state index in [0.717, 1.165) is 31.2 Å². The molecular weight excluding hydrogens is 358 g/mol. The molecule has 7 nitrogen and oxygen atoms in total. The Morgan fingerprint density at radius 1 is 1.14 bits per heavy atom. The number of oxime groups is 1. The minimum Gasteiger partial charge on any atom is -0.384 e. The van der Waals surface area contributed by atoms with Gasteiger partial charge < -0.3 is 20.2 Å². The Kier molecular flexibility index (Phi) is 5.35. The first-order chi connectivity index (χ1) is 13.6. The fourth-order valence-corrected chi connectivity index (χ4v) is 4.26. The molecule has 2 aliphatic heterocycles. The molecule has 1 spiro atoms. The largest absolute Gasteiger partial charge is 0.384 e. The van der Waals surface area contributed by atoms with Crippen LogP contribution in [0.15, 0.2) is 29.4 Å². The normalized spacial score (nSPS) is 27.3. The summed E-state index contributed by atoms with van der Waals surface area (Å²) in [5.74, 6) is -0.319. The summed E-state index contributed by atoms with van der Waals surface area (Å²) in [5.41, 5.74) is 1.20. The average molecular weight is 385 g/mol. The van der Waals surface area contributed by atoms with Gasteiger partial charge in [-0.2, -0.15) is 0 Å². The molecule has 7 heteroatoms. The standard InChI is InChI=1S/C21H27N3O4/c1-14-5-4-6-15(11-14)19(25)23-18-9-10-27-13-21(18)12-17(24-28-21)20(26)22-16-7-2-3-8-16/h4-6,11,16,18H,2-3,7-10,12-13H2,1H3,(H,22,26)(H,23,25)/t18-,21+/m1/s1. The number of carbonyl (C=O) groups excluding carboxylic acids is 2. The van der Waals surface area contributed by atoms with Gasteiger partial charge in [-0.1, -0.05) is 35.7 Å². The summed E-state index contributed by atoms with van der Waals surface area (Å²) in [5, 5.41) is 10.2. The highest BCUT2D eigenvalue weighted by Crippen LogP contribution is 2.33. The molecular formula is C21H27N3O4. The van der Waals surface area contributed by atoms with Crippen LogP contribution in [0.2, 0.25) is 0 Å². The molecule has 0 bridgehead atoms. The van der Waals surface area contributed by atoms with Gasteiger partial charge in [0.1, 0.15) is 5.71 Å². The molecule has 1 saturated carbocycles. The SMILES string of the molecule is Cc1cccc(C(=O)N[C@@H]2CCOC[C@@]23CC(C(=O)NC2CCCC2)=NO3)c1. The van der Waals surface area contributed by atoms with E-state index in [9.17, 15) is 9.59 Å². The highest BCUT2D eigenvalue weighted by atomic mass is 16.7. The monoisotopic (exact) mass is 385 g/mol. The Morgan fingerprint density at radius 3 is 2.75 bits per heavy atom. The number of carbonyl (C=O) groups is 2. The molecule has 1 saturated heterocycles. The average Bonchev–Trinajstić information content (AvgIpc) is 3.34. The molecule has 1 aromatic carbocycles. The first kappa shape index (κ1) is 18.9. The first-order valence-corrected chi connectivity index (χ1v) is 10.1. The number of nitrogens with one attached hydrogen (secondary N) is 2. The lowest BCUT2D eigenvalue weighted by Gasteiger charge is -2.38. The number of amides is 2. The molecule has 2 N–H and O–H groups in total. The summed E-state index contributed by atoms with van der Waals surface area (Å²) in [6, 6.07) is 7.43. The van der Waals surface area contributed by atoms with Crippen LogP contribution in [0, 0.1) is 6.92 Å². The van der Waals surface area contributed by atoms with E-state index in [-0.39, 0.29) is 23.9 Å². The van der Waals surface area contributed by atoms with Crippen LogP contribution in [-0.2, 0) is 14.4 Å². The lowest BCUT2D eigenvalue weighted by atomic mass is 9.85. The predicted octanol–water partition coefficient (Wildman–Crippen LogP) is 2.09. The number of rotatable bonds is 4. The molecule has 2 atom stereocenters. The van der Waals surface area contributed by atoms with Crippen molar-refractivity contribution in [2.45, 2.75) is 63.1 Å². The predicted molar refractivity (Wildman–Crippen MR) is 104 cm³/mol. The second-order valence-corrected chi connectivity index (χ2v) is 8.06. The van der Waals surface area contributed by atoms with Crippen molar-refractivity contribution in [3.05, 3.63) is 35.4 Å². The molecule has 0 aromatic heterocycles. The van der Waals surface area contributed by atoms with Crippen LogP contribution in [0.4, 0.5) is 0 Å². The summed E-state index contributed by atoms with van der Waals surface area (Å²) < 4.78 is 5.62. The second kappa shape index (κ2) is 7.91. The van der Waals surface area contributed by atoms with E-state index in [4.69, 9.17) is 9.57 Å². The van der Waals surface area contributed by atoms with E-state index >= 15 is 0 Å². The highest BCUT2D eigenvalue weighted by Gasteiger charge is 2.50. The van der Waals surface area contributed by atoms with Gasteiger partial charge in [-0.25, -0.2) is 0 Å². The third-order valence-electron chi connectivity index (χ3n) is 5.87. The quantitative estimate of drug-likeness (QED) is 0.831. The zero-order valence-corrected chi connectivity index (χ0v) is 16.2. The first-order valence-electron chi connectivity index (χ1n) is 10.1. The summed E-state index contributed by atoms with van der Waals surface area (Å²) in [6.07, 6.45) is 5.29. The highest BCUT2D eigenvalue weighted by molar-refractivity contribution is 6.39. The molecule has 1 aliphatic carbocycles. The van der Waals surface area contributed by atoms with Gasteiger partial charge in [0.25, 0.3) is 11.8 Å². The third-order valence-corrected chi connectivity index (χ3v) is 5.87. The van der Waals surface area contributed by atoms with Crippen LogP contribution >= 0.6 is 0 Å². The Balaban J connectivity index is 1.42. The molecule has 2 amide bonds. The van der Waals surface area contributed by atoms with Gasteiger partial charge in [0.15, 0.2) is 5.60 Å². The number of aryl methyl sites for hydroxylation is 1. The van der Waals surface area contributed by atoms with Crippen LogP contribution in [0.1, 0.15) is 54.4 Å². The topological polar surface area (TPSA) is 89.0 Å². The summed E-state index contributed by atoms with van der Waals surface area (Å²) in [7, 11) is 0. The molecule has 2 fully saturated rings. The molecule has 4 rings (SSSR count). The zero-order valence-electron chi connectivity index (χ0n) is 16.2. The minimum absolute atomic E-state index is 0.151. The molecule has 1 aromatic rings. The number of ether oxygens (including phenoxy) is 1. The molecule has 28 heavy (non-hydrogen) atoms. The minimum atomic E-state index is -0.819. The lowest BCUT2D eigenvalue weighted by Crippen LogP contribution is -2.59. The number of nitrogens with zero attached hydrogens (tertiary/aromatic N) is 1. The Hall–Kier alpha value is -2.41. The van der Waals surface area contributed by atoms with Gasteiger partial charge in [0.05, 0.1) is 12.6 Å². The van der Waals surface area contributed by atoms with E-state index in [0.29, 0.717) is 37.3 Å². The molecule has 2 heterocycles. The molecule has 150 valence electrons. The van der Waals surface area contributed by atoms with Crippen LogP contribution < -0.4 is 10.6 Å². The molecule has 0 radical (unpaired) electrons. The lowest BCUT2D eigenvalue weighted by molar-refractivity contribution is -0.128. The Labute approximate surface area is 164 Å². The van der Waals surface area contributed by atoms with E-state index in [1.54, 1.807) is 6.07 Å². The van der Waals surface area contributed by atoms with Crippen molar-refractivity contribution in [2.24, 2.45) is 5.16 Å². The van der Waals surface area contributed by atoms with Crippen molar-refractivity contribution < 1.29 is 19.2 Å². The maximum atomic E-state index is 12.7. The van der Waals surface area contributed by atoms with Gasteiger partial charge in [0.2, 0.25) is 0 Å². The Morgan fingerprint density at radius 2 is 1.96 bits per heavy atom. The summed E-state index contributed by atoms with van der Waals surface area (Å²) >= 11 is 0. The second-order valence-electron chi connectivity index (χ2n) is 8.06. The number of hydrogen-bond donors (Lipinski definition) is 2. The van der Waals surface area contributed by atoms with Crippen LogP contribution in [-0.4, -0.2) is 48.4 Å². The van der Waals surface area contributed by atoms with E-state index in [2.05, 4.69) is 15.8 Å². The van der Waals surface area contributed by atoms with Crippen molar-refractivity contribution in [3.63, 3.8) is 0 Å². The number of hydrogen-bond acceptors (Lipinski definition) is 5. The van der Waals surface area contributed by atoms with Crippen molar-refractivity contribution in [1.82, 2.24) is 10.6 Å². The zero-order chi connectivity index (χ0) is 19.6. The van der Waals surface area contributed by atoms with E-state index < -0.39 is 5.60 Å². The van der Waals surface area contributed by atoms with Gasteiger partial charge >= 0.3 is 0 Å². The van der Waals surface area contributed by atoms with Crippen LogP contribution in [0.5, 0.6) is 0 Å². The van der Waals surface area contributed by atoms with Crippen LogP contribution in [0.3, 0.4) is 0 Å². The fraction of sp³-hybridized carbons (Fsp3) is 0.571. The Bertz CT molecular complexity index is 788. The third kappa shape index (κ3) is 3.90. The number of benzene rings is 1. The fourth-order valence-electron chi connectivity index (χ4n) is 4.26. The van der Waals surface area contributed by atoms with Crippen molar-refractivity contribution >= 4 is 17.5 Å². The molecule has 0 unspecified atom stereocenters. The van der Waals surface area contributed by atoms with E-state index in [1.165, 1.54) is 0 Å². The summed E-state index contributed by atoms with van der Waals surface area (Å²) in [6.45, 7) is 2.79.